The van der Waals surface area contributed by atoms with Gasteiger partial charge in [0, 0.05) is 29.2 Å². The molecule has 0 fully saturated rings. The molecule has 0 spiro atoms. The number of hydrogen-bond donors (Lipinski definition) is 3. The molecule has 1 aromatic heterocycles. The number of aryl methyl sites for hydroxylation is 2. The summed E-state index contributed by atoms with van der Waals surface area (Å²) in [5, 5.41) is 13.4. The summed E-state index contributed by atoms with van der Waals surface area (Å²) in [7, 11) is 0. The van der Waals surface area contributed by atoms with Gasteiger partial charge in [0.15, 0.2) is 5.82 Å². The standard InChI is InChI=1S/C26H24F3N5O2/c1-15-9-16(2)11-20(10-15)31-25-30-14-21(19-6-4-5-18(13-19)7-8-23(35)36)24(32-25)34-17(3)12-22(33-34)26(27,28)29/h4-14,22,33H,1-3H3,(H,35,36)(H,30,31,32)/b8-7+. The summed E-state index contributed by atoms with van der Waals surface area (Å²) in [6.45, 7) is 5.48. The number of nitrogens with one attached hydrogen (secondary N) is 2. The van der Waals surface area contributed by atoms with Crippen molar-refractivity contribution in [2.24, 2.45) is 0 Å². The molecular formula is C26H24F3N5O2. The summed E-state index contributed by atoms with van der Waals surface area (Å²) in [5.74, 6) is -0.658. The van der Waals surface area contributed by atoms with Crippen LogP contribution in [0.25, 0.3) is 17.2 Å². The van der Waals surface area contributed by atoms with Crippen molar-refractivity contribution in [3.05, 3.63) is 83.2 Å². The van der Waals surface area contributed by atoms with E-state index in [-0.39, 0.29) is 11.8 Å². The minimum atomic E-state index is -4.48. The summed E-state index contributed by atoms with van der Waals surface area (Å²) in [4.78, 5) is 19.9. The Morgan fingerprint density at radius 2 is 1.86 bits per heavy atom. The van der Waals surface area contributed by atoms with E-state index in [0.29, 0.717) is 22.4 Å². The Labute approximate surface area is 206 Å². The predicted molar refractivity (Wildman–Crippen MR) is 133 cm³/mol. The number of anilines is 3. The lowest BCUT2D eigenvalue weighted by atomic mass is 10.0. The Morgan fingerprint density at radius 1 is 1.14 bits per heavy atom. The number of hydrazine groups is 1. The van der Waals surface area contributed by atoms with Crippen LogP contribution in [0.15, 0.2) is 66.5 Å². The highest BCUT2D eigenvalue weighted by Crippen LogP contribution is 2.36. The highest BCUT2D eigenvalue weighted by molar-refractivity contribution is 5.86. The van der Waals surface area contributed by atoms with Crippen LogP contribution in [0.4, 0.5) is 30.6 Å². The number of nitrogens with zero attached hydrogens (tertiary/aromatic N) is 3. The van der Waals surface area contributed by atoms with E-state index in [0.717, 1.165) is 29.0 Å². The van der Waals surface area contributed by atoms with Gasteiger partial charge in [-0.1, -0.05) is 24.3 Å². The van der Waals surface area contributed by atoms with Gasteiger partial charge in [0.1, 0.15) is 6.04 Å². The van der Waals surface area contributed by atoms with Crippen molar-refractivity contribution in [2.75, 3.05) is 10.3 Å². The number of hydrogen-bond acceptors (Lipinski definition) is 6. The maximum Gasteiger partial charge on any atom is 0.409 e. The smallest absolute Gasteiger partial charge is 0.409 e. The number of halogens is 3. The quantitative estimate of drug-likeness (QED) is 0.375. The van der Waals surface area contributed by atoms with E-state index in [4.69, 9.17) is 5.11 Å². The normalized spacial score (nSPS) is 15.9. The number of carbonyl (C=O) groups is 1. The van der Waals surface area contributed by atoms with Crippen LogP contribution in [0.3, 0.4) is 0 Å². The average Bonchev–Trinajstić information content (AvgIpc) is 3.19. The first-order chi connectivity index (χ1) is 17.0. The van der Waals surface area contributed by atoms with Crippen molar-refractivity contribution in [1.29, 1.82) is 0 Å². The maximum atomic E-state index is 13.5. The van der Waals surface area contributed by atoms with Crippen LogP contribution in [0.2, 0.25) is 0 Å². The molecule has 2 heterocycles. The molecule has 0 radical (unpaired) electrons. The largest absolute Gasteiger partial charge is 0.478 e. The molecule has 3 N–H and O–H groups in total. The van der Waals surface area contributed by atoms with Crippen LogP contribution in [-0.4, -0.2) is 33.3 Å². The van der Waals surface area contributed by atoms with Gasteiger partial charge in [-0.05, 0) is 73.4 Å². The lowest BCUT2D eigenvalue weighted by Crippen LogP contribution is -2.45. The second-order valence-corrected chi connectivity index (χ2v) is 8.52. The second-order valence-electron chi connectivity index (χ2n) is 8.52. The number of rotatable bonds is 6. The van der Waals surface area contributed by atoms with Crippen molar-refractivity contribution in [2.45, 2.75) is 33.0 Å². The highest BCUT2D eigenvalue weighted by atomic mass is 19.4. The third-order valence-corrected chi connectivity index (χ3v) is 5.46. The molecule has 36 heavy (non-hydrogen) atoms. The zero-order valence-corrected chi connectivity index (χ0v) is 19.8. The van der Waals surface area contributed by atoms with E-state index in [2.05, 4.69) is 20.7 Å². The number of aromatic nitrogens is 2. The van der Waals surface area contributed by atoms with Crippen molar-refractivity contribution in [3.63, 3.8) is 0 Å². The molecule has 1 atom stereocenters. The van der Waals surface area contributed by atoms with Gasteiger partial charge >= 0.3 is 12.1 Å². The fourth-order valence-electron chi connectivity index (χ4n) is 3.95. The fourth-order valence-corrected chi connectivity index (χ4v) is 3.95. The highest BCUT2D eigenvalue weighted by Gasteiger charge is 2.43. The van der Waals surface area contributed by atoms with Crippen LogP contribution in [0.1, 0.15) is 23.6 Å². The van der Waals surface area contributed by atoms with Crippen molar-refractivity contribution < 1.29 is 23.1 Å². The molecule has 0 saturated carbocycles. The molecule has 186 valence electrons. The van der Waals surface area contributed by atoms with E-state index in [9.17, 15) is 18.0 Å². The Morgan fingerprint density at radius 3 is 2.50 bits per heavy atom. The first-order valence-electron chi connectivity index (χ1n) is 11.0. The average molecular weight is 496 g/mol. The van der Waals surface area contributed by atoms with E-state index in [1.165, 1.54) is 17.3 Å². The number of carboxylic acids is 1. The zero-order chi connectivity index (χ0) is 26.0. The molecule has 3 aromatic rings. The van der Waals surface area contributed by atoms with Gasteiger partial charge in [-0.3, -0.25) is 5.01 Å². The minimum absolute atomic E-state index is 0.214. The lowest BCUT2D eigenvalue weighted by molar-refractivity contribution is -0.142. The first-order valence-corrected chi connectivity index (χ1v) is 11.0. The Hall–Kier alpha value is -4.18. The van der Waals surface area contributed by atoms with Crippen molar-refractivity contribution in [3.8, 4) is 11.1 Å². The number of allylic oxidation sites excluding steroid dienone is 1. The van der Waals surface area contributed by atoms with E-state index >= 15 is 0 Å². The van der Waals surface area contributed by atoms with Gasteiger partial charge in [-0.15, -0.1) is 0 Å². The molecule has 4 rings (SSSR count). The number of alkyl halides is 3. The Bertz CT molecular complexity index is 1350. The molecule has 7 nitrogen and oxygen atoms in total. The SMILES string of the molecule is CC1=CC(C(F)(F)F)NN1c1nc(Nc2cc(C)cc(C)c2)ncc1-c1cccc(/C=C/C(=O)O)c1. The summed E-state index contributed by atoms with van der Waals surface area (Å²) < 4.78 is 40.4. The molecule has 0 saturated heterocycles. The van der Waals surface area contributed by atoms with Gasteiger partial charge in [0.05, 0.1) is 0 Å². The van der Waals surface area contributed by atoms with Gasteiger partial charge < -0.3 is 10.4 Å². The fraction of sp³-hybridized carbons (Fsp3) is 0.192. The first kappa shape index (κ1) is 24.9. The number of aliphatic carboxylic acids is 1. The summed E-state index contributed by atoms with van der Waals surface area (Å²) in [6.07, 6.45) is 0.584. The van der Waals surface area contributed by atoms with Crippen LogP contribution < -0.4 is 15.8 Å². The summed E-state index contributed by atoms with van der Waals surface area (Å²) >= 11 is 0. The summed E-state index contributed by atoms with van der Waals surface area (Å²) in [6, 6.07) is 10.9. The lowest BCUT2D eigenvalue weighted by Gasteiger charge is -2.25. The third-order valence-electron chi connectivity index (χ3n) is 5.46. The molecule has 2 aromatic carbocycles. The molecule has 10 heteroatoms. The monoisotopic (exact) mass is 495 g/mol. The number of benzene rings is 2. The molecule has 1 aliphatic rings. The van der Waals surface area contributed by atoms with Gasteiger partial charge in [0.2, 0.25) is 5.95 Å². The Balaban J connectivity index is 1.78. The zero-order valence-electron chi connectivity index (χ0n) is 19.8. The van der Waals surface area contributed by atoms with Crippen LogP contribution >= 0.6 is 0 Å². The Kier molecular flexibility index (Phi) is 6.80. The van der Waals surface area contributed by atoms with Crippen molar-refractivity contribution >= 4 is 29.5 Å². The molecule has 0 amide bonds. The molecule has 1 aliphatic heterocycles. The topological polar surface area (TPSA) is 90.4 Å². The van der Waals surface area contributed by atoms with E-state index < -0.39 is 18.2 Å². The predicted octanol–water partition coefficient (Wildman–Crippen LogP) is 5.76. The molecule has 0 bridgehead atoms. The van der Waals surface area contributed by atoms with Gasteiger partial charge in [0.25, 0.3) is 0 Å². The molecule has 1 unspecified atom stereocenters. The van der Waals surface area contributed by atoms with Crippen LogP contribution in [-0.2, 0) is 4.79 Å². The molecule has 0 aliphatic carbocycles. The van der Waals surface area contributed by atoms with Gasteiger partial charge in [-0.2, -0.15) is 18.2 Å². The number of carboxylic acid groups (broad SMARTS) is 1. The second kappa shape index (κ2) is 9.82. The van der Waals surface area contributed by atoms with Crippen molar-refractivity contribution in [1.82, 2.24) is 15.4 Å². The van der Waals surface area contributed by atoms with Crippen LogP contribution in [0, 0.1) is 13.8 Å². The summed E-state index contributed by atoms with van der Waals surface area (Å²) in [5.41, 5.74) is 7.31. The maximum absolute atomic E-state index is 13.5. The van der Waals surface area contributed by atoms with Crippen LogP contribution in [0.5, 0.6) is 0 Å². The molecular weight excluding hydrogens is 471 g/mol. The van der Waals surface area contributed by atoms with E-state index in [1.54, 1.807) is 31.2 Å². The van der Waals surface area contributed by atoms with E-state index in [1.807, 2.05) is 32.0 Å². The minimum Gasteiger partial charge on any atom is -0.478 e. The van der Waals surface area contributed by atoms with Gasteiger partial charge in [-0.25, -0.2) is 15.2 Å². The third kappa shape index (κ3) is 5.72.